The van der Waals surface area contributed by atoms with Gasteiger partial charge in [-0.2, -0.15) is 0 Å². The summed E-state index contributed by atoms with van der Waals surface area (Å²) in [5.74, 6) is -1.45. The molecule has 1 fully saturated rings. The number of urea groups is 1. The van der Waals surface area contributed by atoms with Gasteiger partial charge in [0.15, 0.2) is 0 Å². The minimum absolute atomic E-state index is 0.0189. The molecule has 3 aromatic rings. The summed E-state index contributed by atoms with van der Waals surface area (Å²) in [5, 5.41) is 0. The van der Waals surface area contributed by atoms with Crippen LogP contribution in [0.15, 0.2) is 91.0 Å². The van der Waals surface area contributed by atoms with Crippen molar-refractivity contribution in [3.05, 3.63) is 102 Å². The number of alkyl halides is 1. The topological polar surface area (TPSA) is 57.7 Å². The Labute approximate surface area is 179 Å². The van der Waals surface area contributed by atoms with Crippen molar-refractivity contribution in [3.8, 4) is 0 Å². The quantitative estimate of drug-likeness (QED) is 0.455. The van der Waals surface area contributed by atoms with Crippen molar-refractivity contribution >= 4 is 35.1 Å². The number of imide groups is 2. The zero-order valence-corrected chi connectivity index (χ0v) is 16.8. The molecule has 0 aromatic heterocycles. The van der Waals surface area contributed by atoms with Gasteiger partial charge in [0.2, 0.25) is 4.87 Å². The molecule has 1 atom stereocenters. The highest BCUT2D eigenvalue weighted by Crippen LogP contribution is 2.35. The fraction of sp³-hybridized carbons (Fsp3) is 0.125. The Kier molecular flexibility index (Phi) is 5.38. The van der Waals surface area contributed by atoms with Crippen LogP contribution < -0.4 is 4.90 Å². The highest BCUT2D eigenvalue weighted by Gasteiger charge is 2.57. The standard InChI is InChI=1S/C24H19ClN2O3/c25-24(16-18-10-4-1-5-11-18)21(28)26(17-19-12-6-2-7-13-19)23(30)27(22(24)29)20-14-8-3-9-15-20/h1-15H,16-17H2. The molecule has 4 rings (SSSR count). The molecule has 1 heterocycles. The first kappa shape index (κ1) is 19.9. The summed E-state index contributed by atoms with van der Waals surface area (Å²) in [6.45, 7) is 0.0262. The van der Waals surface area contributed by atoms with Crippen LogP contribution in [0.4, 0.5) is 10.5 Å². The number of anilines is 1. The average molecular weight is 419 g/mol. The van der Waals surface area contributed by atoms with Gasteiger partial charge >= 0.3 is 6.03 Å². The molecule has 0 radical (unpaired) electrons. The van der Waals surface area contributed by atoms with Crippen molar-refractivity contribution in [2.45, 2.75) is 17.8 Å². The van der Waals surface area contributed by atoms with Gasteiger partial charge in [-0.3, -0.25) is 14.5 Å². The number of halogens is 1. The van der Waals surface area contributed by atoms with Crippen LogP contribution in [-0.2, 0) is 22.6 Å². The van der Waals surface area contributed by atoms with E-state index in [2.05, 4.69) is 0 Å². The molecular weight excluding hydrogens is 400 g/mol. The number of barbiturate groups is 1. The summed E-state index contributed by atoms with van der Waals surface area (Å²) in [6, 6.07) is 26.0. The maximum absolute atomic E-state index is 13.4. The number of nitrogens with zero attached hydrogens (tertiary/aromatic N) is 2. The fourth-order valence-electron chi connectivity index (χ4n) is 3.52. The second kappa shape index (κ2) is 8.13. The number of hydrogen-bond donors (Lipinski definition) is 0. The van der Waals surface area contributed by atoms with Gasteiger partial charge in [-0.1, -0.05) is 90.5 Å². The Balaban J connectivity index is 1.78. The molecule has 6 heteroatoms. The normalized spacial score (nSPS) is 19.3. The number of para-hydroxylation sites is 1. The SMILES string of the molecule is O=C1N(Cc2ccccc2)C(=O)C(Cl)(Cc2ccccc2)C(=O)N1c1ccccc1. The number of carbonyl (C=O) groups is 3. The molecule has 4 amide bonds. The minimum atomic E-state index is -1.92. The van der Waals surface area contributed by atoms with Crippen LogP contribution in [-0.4, -0.2) is 27.6 Å². The summed E-state index contributed by atoms with van der Waals surface area (Å²) in [6.07, 6.45) is -0.0189. The van der Waals surface area contributed by atoms with Gasteiger partial charge in [0, 0.05) is 6.42 Å². The molecule has 1 saturated heterocycles. The molecule has 0 spiro atoms. The first-order chi connectivity index (χ1) is 14.5. The van der Waals surface area contributed by atoms with Crippen molar-refractivity contribution in [2.75, 3.05) is 4.90 Å². The van der Waals surface area contributed by atoms with Crippen molar-refractivity contribution in [1.29, 1.82) is 0 Å². The van der Waals surface area contributed by atoms with Gasteiger partial charge in [-0.15, -0.1) is 0 Å². The minimum Gasteiger partial charge on any atom is -0.272 e. The second-order valence-corrected chi connectivity index (χ2v) is 7.74. The summed E-state index contributed by atoms with van der Waals surface area (Å²) in [4.78, 5) is 40.2. The van der Waals surface area contributed by atoms with Crippen LogP contribution in [0.5, 0.6) is 0 Å². The molecule has 0 saturated carbocycles. The lowest BCUT2D eigenvalue weighted by Crippen LogP contribution is -2.67. The van der Waals surface area contributed by atoms with Gasteiger partial charge in [0.05, 0.1) is 12.2 Å². The van der Waals surface area contributed by atoms with E-state index in [4.69, 9.17) is 11.6 Å². The highest BCUT2D eigenvalue weighted by molar-refractivity contribution is 6.52. The summed E-state index contributed by atoms with van der Waals surface area (Å²) in [5.41, 5.74) is 1.87. The lowest BCUT2D eigenvalue weighted by atomic mass is 9.93. The average Bonchev–Trinajstić information content (AvgIpc) is 2.78. The first-order valence-electron chi connectivity index (χ1n) is 9.53. The van der Waals surface area contributed by atoms with Gasteiger partial charge in [-0.05, 0) is 23.3 Å². The summed E-state index contributed by atoms with van der Waals surface area (Å²) >= 11 is 6.75. The molecule has 1 aliphatic rings. The van der Waals surface area contributed by atoms with E-state index in [1.165, 1.54) is 0 Å². The number of amides is 4. The van der Waals surface area contributed by atoms with Crippen LogP contribution >= 0.6 is 11.6 Å². The Bertz CT molecular complexity index is 1070. The molecule has 3 aromatic carbocycles. The van der Waals surface area contributed by atoms with E-state index >= 15 is 0 Å². The largest absolute Gasteiger partial charge is 0.338 e. The van der Waals surface area contributed by atoms with E-state index in [1.807, 2.05) is 48.5 Å². The lowest BCUT2D eigenvalue weighted by Gasteiger charge is -2.41. The highest BCUT2D eigenvalue weighted by atomic mass is 35.5. The number of hydrogen-bond acceptors (Lipinski definition) is 3. The Hall–Kier alpha value is -3.44. The number of rotatable bonds is 5. The van der Waals surface area contributed by atoms with E-state index in [0.29, 0.717) is 5.69 Å². The van der Waals surface area contributed by atoms with Gasteiger partial charge < -0.3 is 0 Å². The molecule has 0 bridgehead atoms. The van der Waals surface area contributed by atoms with Crippen LogP contribution in [0.1, 0.15) is 11.1 Å². The Morgan fingerprint density at radius 1 is 0.667 bits per heavy atom. The number of carbonyl (C=O) groups excluding carboxylic acids is 3. The third-order valence-corrected chi connectivity index (χ3v) is 5.49. The van der Waals surface area contributed by atoms with E-state index in [0.717, 1.165) is 20.9 Å². The maximum atomic E-state index is 13.4. The van der Waals surface area contributed by atoms with E-state index in [1.54, 1.807) is 42.5 Å². The fourth-order valence-corrected chi connectivity index (χ4v) is 3.86. The van der Waals surface area contributed by atoms with Crippen LogP contribution in [0.25, 0.3) is 0 Å². The van der Waals surface area contributed by atoms with E-state index < -0.39 is 22.7 Å². The van der Waals surface area contributed by atoms with Crippen LogP contribution in [0, 0.1) is 0 Å². The molecular formula is C24H19ClN2O3. The van der Waals surface area contributed by atoms with Gasteiger partial charge in [0.1, 0.15) is 0 Å². The monoisotopic (exact) mass is 418 g/mol. The lowest BCUT2D eigenvalue weighted by molar-refractivity contribution is -0.139. The van der Waals surface area contributed by atoms with Gasteiger partial charge in [-0.25, -0.2) is 9.69 Å². The van der Waals surface area contributed by atoms with Crippen molar-refractivity contribution in [3.63, 3.8) is 0 Å². The predicted molar refractivity (Wildman–Crippen MR) is 115 cm³/mol. The predicted octanol–water partition coefficient (Wildman–Crippen LogP) is 4.40. The van der Waals surface area contributed by atoms with E-state index in [9.17, 15) is 14.4 Å². The third kappa shape index (κ3) is 3.60. The van der Waals surface area contributed by atoms with Crippen molar-refractivity contribution < 1.29 is 14.4 Å². The molecule has 30 heavy (non-hydrogen) atoms. The Morgan fingerprint density at radius 2 is 1.17 bits per heavy atom. The smallest absolute Gasteiger partial charge is 0.272 e. The molecule has 0 N–H and O–H groups in total. The van der Waals surface area contributed by atoms with E-state index in [-0.39, 0.29) is 13.0 Å². The zero-order chi connectivity index (χ0) is 21.1. The van der Waals surface area contributed by atoms with Crippen molar-refractivity contribution in [1.82, 2.24) is 4.90 Å². The summed E-state index contributed by atoms with van der Waals surface area (Å²) < 4.78 is 0. The first-order valence-corrected chi connectivity index (χ1v) is 9.91. The maximum Gasteiger partial charge on any atom is 0.338 e. The second-order valence-electron chi connectivity index (χ2n) is 7.10. The van der Waals surface area contributed by atoms with Crippen LogP contribution in [0.3, 0.4) is 0 Å². The van der Waals surface area contributed by atoms with Crippen LogP contribution in [0.2, 0.25) is 0 Å². The zero-order valence-electron chi connectivity index (χ0n) is 16.1. The summed E-state index contributed by atoms with van der Waals surface area (Å²) in [7, 11) is 0. The number of benzene rings is 3. The molecule has 5 nitrogen and oxygen atoms in total. The van der Waals surface area contributed by atoms with Gasteiger partial charge in [0.25, 0.3) is 11.8 Å². The van der Waals surface area contributed by atoms with Crippen molar-refractivity contribution in [2.24, 2.45) is 0 Å². The molecule has 1 aliphatic heterocycles. The molecule has 1 unspecified atom stereocenters. The third-order valence-electron chi connectivity index (χ3n) is 5.04. The molecule has 150 valence electrons. The Morgan fingerprint density at radius 3 is 1.73 bits per heavy atom. The molecule has 0 aliphatic carbocycles.